The molecule has 0 bridgehead atoms. The topological polar surface area (TPSA) is 12.0 Å². The molecule has 0 saturated heterocycles. The Morgan fingerprint density at radius 1 is 1.00 bits per heavy atom. The maximum Gasteiger partial charge on any atom is 0.00965 e. The first-order valence-electron chi connectivity index (χ1n) is 8.69. The first-order chi connectivity index (χ1) is 9.89. The van der Waals surface area contributed by atoms with E-state index in [1.165, 1.54) is 56.1 Å². The van der Waals surface area contributed by atoms with Crippen molar-refractivity contribution in [3.05, 3.63) is 35.4 Å². The van der Waals surface area contributed by atoms with Crippen LogP contribution in [0.3, 0.4) is 0 Å². The minimum atomic E-state index is 0.247. The van der Waals surface area contributed by atoms with Gasteiger partial charge in [0.15, 0.2) is 0 Å². The van der Waals surface area contributed by atoms with E-state index in [0.717, 1.165) is 6.54 Å². The molecular formula is C20H33N. The van der Waals surface area contributed by atoms with Gasteiger partial charge in [0.2, 0.25) is 0 Å². The van der Waals surface area contributed by atoms with Crippen molar-refractivity contribution in [1.29, 1.82) is 0 Å². The Hall–Kier alpha value is -0.820. The summed E-state index contributed by atoms with van der Waals surface area (Å²) in [7, 11) is 0. The quantitative estimate of drug-likeness (QED) is 0.752. The van der Waals surface area contributed by atoms with E-state index in [4.69, 9.17) is 0 Å². The summed E-state index contributed by atoms with van der Waals surface area (Å²) in [5.74, 6) is 0. The maximum absolute atomic E-state index is 3.68. The summed E-state index contributed by atoms with van der Waals surface area (Å²) in [6.45, 7) is 10.1. The van der Waals surface area contributed by atoms with Gasteiger partial charge in [-0.05, 0) is 77.3 Å². The summed E-state index contributed by atoms with van der Waals surface area (Å²) < 4.78 is 0. The number of hydrogen-bond acceptors (Lipinski definition) is 1. The Labute approximate surface area is 131 Å². The molecule has 21 heavy (non-hydrogen) atoms. The van der Waals surface area contributed by atoms with E-state index in [2.05, 4.69) is 57.3 Å². The van der Waals surface area contributed by atoms with Crippen LogP contribution in [0.2, 0.25) is 0 Å². The van der Waals surface area contributed by atoms with Gasteiger partial charge >= 0.3 is 0 Å². The van der Waals surface area contributed by atoms with Crippen molar-refractivity contribution >= 4 is 0 Å². The second kappa shape index (κ2) is 6.96. The largest absolute Gasteiger partial charge is 0.312 e. The van der Waals surface area contributed by atoms with Crippen LogP contribution < -0.4 is 5.32 Å². The normalized spacial score (nSPS) is 18.1. The fourth-order valence-corrected chi connectivity index (χ4v) is 3.62. The van der Waals surface area contributed by atoms with Gasteiger partial charge in [-0.25, -0.2) is 0 Å². The third-order valence-corrected chi connectivity index (χ3v) is 5.04. The Morgan fingerprint density at radius 2 is 1.62 bits per heavy atom. The zero-order valence-corrected chi connectivity index (χ0v) is 14.5. The molecule has 2 rings (SSSR count). The van der Waals surface area contributed by atoms with Crippen molar-refractivity contribution < 1.29 is 0 Å². The molecule has 0 unspecified atom stereocenters. The van der Waals surface area contributed by atoms with E-state index in [-0.39, 0.29) is 5.54 Å². The molecule has 0 spiro atoms. The maximum atomic E-state index is 3.68. The van der Waals surface area contributed by atoms with Gasteiger partial charge in [0, 0.05) is 5.54 Å². The molecule has 0 amide bonds. The monoisotopic (exact) mass is 287 g/mol. The Morgan fingerprint density at radius 3 is 2.19 bits per heavy atom. The second-order valence-corrected chi connectivity index (χ2v) is 8.12. The molecule has 1 aromatic carbocycles. The lowest BCUT2D eigenvalue weighted by Gasteiger charge is -2.31. The van der Waals surface area contributed by atoms with Crippen LogP contribution in [0.4, 0.5) is 0 Å². The van der Waals surface area contributed by atoms with Gasteiger partial charge in [-0.3, -0.25) is 0 Å². The van der Waals surface area contributed by atoms with Gasteiger partial charge in [0.25, 0.3) is 0 Å². The molecule has 1 nitrogen and oxygen atoms in total. The van der Waals surface area contributed by atoms with Crippen LogP contribution in [-0.2, 0) is 6.42 Å². The molecule has 1 fully saturated rings. The van der Waals surface area contributed by atoms with Gasteiger partial charge in [-0.2, -0.15) is 0 Å². The molecule has 1 aliphatic carbocycles. The van der Waals surface area contributed by atoms with Crippen molar-refractivity contribution in [2.75, 3.05) is 6.54 Å². The first kappa shape index (κ1) is 16.5. The minimum absolute atomic E-state index is 0.247. The first-order valence-corrected chi connectivity index (χ1v) is 8.69. The highest BCUT2D eigenvalue weighted by Crippen LogP contribution is 2.44. The molecule has 0 aromatic heterocycles. The lowest BCUT2D eigenvalue weighted by molar-refractivity contribution is 0.235. The predicted molar refractivity (Wildman–Crippen MR) is 92.8 cm³/mol. The molecular weight excluding hydrogens is 254 g/mol. The fourth-order valence-electron chi connectivity index (χ4n) is 3.62. The number of benzene rings is 1. The molecule has 118 valence electrons. The summed E-state index contributed by atoms with van der Waals surface area (Å²) in [5, 5.41) is 3.68. The van der Waals surface area contributed by atoms with Crippen molar-refractivity contribution in [2.24, 2.45) is 5.41 Å². The minimum Gasteiger partial charge on any atom is -0.312 e. The third-order valence-electron chi connectivity index (χ3n) is 5.04. The van der Waals surface area contributed by atoms with E-state index >= 15 is 0 Å². The van der Waals surface area contributed by atoms with Crippen molar-refractivity contribution in [1.82, 2.24) is 5.32 Å². The highest BCUT2D eigenvalue weighted by molar-refractivity contribution is 5.21. The third kappa shape index (κ3) is 5.47. The standard InChI is InChI=1S/C20H33N/c1-17-7-9-18(10-8-17)11-14-20(12-5-6-13-20)15-16-21-19(2,3)4/h7-10,21H,5-6,11-16H2,1-4H3. The fraction of sp³-hybridized carbons (Fsp3) is 0.700. The zero-order valence-electron chi connectivity index (χ0n) is 14.5. The Bertz CT molecular complexity index is 418. The molecule has 1 aliphatic rings. The molecule has 1 saturated carbocycles. The van der Waals surface area contributed by atoms with E-state index in [0.29, 0.717) is 5.41 Å². The van der Waals surface area contributed by atoms with E-state index in [1.54, 1.807) is 0 Å². The Kier molecular flexibility index (Phi) is 5.48. The highest BCUT2D eigenvalue weighted by Gasteiger charge is 2.33. The van der Waals surface area contributed by atoms with E-state index in [1.807, 2.05) is 0 Å². The van der Waals surface area contributed by atoms with Gasteiger partial charge < -0.3 is 5.32 Å². The zero-order chi connectivity index (χ0) is 15.3. The predicted octanol–water partition coefficient (Wildman–Crippen LogP) is 5.27. The summed E-state index contributed by atoms with van der Waals surface area (Å²) in [5.41, 5.74) is 3.72. The number of rotatable bonds is 6. The highest BCUT2D eigenvalue weighted by atomic mass is 14.9. The summed E-state index contributed by atoms with van der Waals surface area (Å²) in [6, 6.07) is 9.12. The van der Waals surface area contributed by atoms with E-state index in [9.17, 15) is 0 Å². The van der Waals surface area contributed by atoms with Crippen LogP contribution in [0.1, 0.15) is 70.4 Å². The SMILES string of the molecule is Cc1ccc(CCC2(CCNC(C)(C)C)CCCC2)cc1. The lowest BCUT2D eigenvalue weighted by Crippen LogP contribution is -2.38. The van der Waals surface area contributed by atoms with Crippen LogP contribution >= 0.6 is 0 Å². The molecule has 0 radical (unpaired) electrons. The average Bonchev–Trinajstić information content (AvgIpc) is 2.86. The smallest absolute Gasteiger partial charge is 0.00965 e. The van der Waals surface area contributed by atoms with Crippen molar-refractivity contribution in [2.45, 2.75) is 78.2 Å². The van der Waals surface area contributed by atoms with Crippen LogP contribution in [0.5, 0.6) is 0 Å². The summed E-state index contributed by atoms with van der Waals surface area (Å²) >= 11 is 0. The van der Waals surface area contributed by atoms with Crippen molar-refractivity contribution in [3.8, 4) is 0 Å². The van der Waals surface area contributed by atoms with Crippen LogP contribution in [0.15, 0.2) is 24.3 Å². The molecule has 0 heterocycles. The number of hydrogen-bond donors (Lipinski definition) is 1. The Balaban J connectivity index is 1.87. The van der Waals surface area contributed by atoms with Gasteiger partial charge in [-0.1, -0.05) is 42.7 Å². The van der Waals surface area contributed by atoms with Gasteiger partial charge in [0.05, 0.1) is 0 Å². The molecule has 1 N–H and O–H groups in total. The lowest BCUT2D eigenvalue weighted by atomic mass is 9.77. The van der Waals surface area contributed by atoms with Gasteiger partial charge in [0.1, 0.15) is 0 Å². The molecule has 1 aromatic rings. The molecule has 1 heteroatoms. The van der Waals surface area contributed by atoms with Crippen LogP contribution in [0, 0.1) is 12.3 Å². The van der Waals surface area contributed by atoms with Crippen molar-refractivity contribution in [3.63, 3.8) is 0 Å². The second-order valence-electron chi connectivity index (χ2n) is 8.12. The van der Waals surface area contributed by atoms with Crippen LogP contribution in [-0.4, -0.2) is 12.1 Å². The number of aryl methyl sites for hydroxylation is 2. The summed E-state index contributed by atoms with van der Waals surface area (Å²) in [4.78, 5) is 0. The molecule has 0 aliphatic heterocycles. The van der Waals surface area contributed by atoms with Crippen LogP contribution in [0.25, 0.3) is 0 Å². The average molecular weight is 287 g/mol. The number of nitrogens with one attached hydrogen (secondary N) is 1. The molecule has 0 atom stereocenters. The van der Waals surface area contributed by atoms with Gasteiger partial charge in [-0.15, -0.1) is 0 Å². The van der Waals surface area contributed by atoms with E-state index < -0.39 is 0 Å². The summed E-state index contributed by atoms with van der Waals surface area (Å²) in [6.07, 6.45) is 9.69.